The Morgan fingerprint density at radius 2 is 1.88 bits per heavy atom. The van der Waals surface area contributed by atoms with Crippen LogP contribution in [-0.4, -0.2) is 34.0 Å². The lowest BCUT2D eigenvalue weighted by Gasteiger charge is -2.15. The van der Waals surface area contributed by atoms with E-state index in [4.69, 9.17) is 10.2 Å². The van der Waals surface area contributed by atoms with Crippen LogP contribution in [0.5, 0.6) is 0 Å². The van der Waals surface area contributed by atoms with Gasteiger partial charge in [0.1, 0.15) is 5.82 Å². The minimum atomic E-state index is -1.04. The molecular weight excluding hydrogens is 227 g/mol. The lowest BCUT2D eigenvalue weighted by Crippen LogP contribution is -2.24. The molecular formula is C12H15FO4. The van der Waals surface area contributed by atoms with Crippen molar-refractivity contribution in [3.8, 4) is 0 Å². The Bertz CT molecular complexity index is 363. The van der Waals surface area contributed by atoms with Gasteiger partial charge in [-0.05, 0) is 30.5 Å². The summed E-state index contributed by atoms with van der Waals surface area (Å²) in [5, 5.41) is 26.9. The number of carboxylic acids is 1. The highest BCUT2D eigenvalue weighted by atomic mass is 19.1. The quantitative estimate of drug-likeness (QED) is 0.690. The molecule has 1 aromatic rings. The van der Waals surface area contributed by atoms with E-state index in [0.717, 1.165) is 0 Å². The molecule has 0 amide bonds. The SMILES string of the molecule is O=C(O)C(Cc1ccc(F)cc1)CC(O)CO. The first-order valence-electron chi connectivity index (χ1n) is 5.29. The minimum absolute atomic E-state index is 0.0246. The van der Waals surface area contributed by atoms with Crippen LogP contribution in [0.25, 0.3) is 0 Å². The number of hydrogen-bond donors (Lipinski definition) is 3. The number of rotatable bonds is 6. The average molecular weight is 242 g/mol. The fourth-order valence-corrected chi connectivity index (χ4v) is 1.58. The molecule has 94 valence electrons. The van der Waals surface area contributed by atoms with Crippen molar-refractivity contribution >= 4 is 5.97 Å². The zero-order valence-electron chi connectivity index (χ0n) is 9.21. The summed E-state index contributed by atoms with van der Waals surface area (Å²) in [5.74, 6) is -2.21. The maximum Gasteiger partial charge on any atom is 0.306 e. The first kappa shape index (κ1) is 13.6. The highest BCUT2D eigenvalue weighted by Crippen LogP contribution is 2.15. The van der Waals surface area contributed by atoms with E-state index in [2.05, 4.69) is 0 Å². The average Bonchev–Trinajstić information content (AvgIpc) is 2.30. The van der Waals surface area contributed by atoms with Crippen molar-refractivity contribution in [2.45, 2.75) is 18.9 Å². The molecule has 2 atom stereocenters. The number of benzene rings is 1. The van der Waals surface area contributed by atoms with Gasteiger partial charge in [0.2, 0.25) is 0 Å². The van der Waals surface area contributed by atoms with Crippen molar-refractivity contribution in [2.75, 3.05) is 6.61 Å². The monoisotopic (exact) mass is 242 g/mol. The molecule has 0 aliphatic rings. The molecule has 0 fully saturated rings. The summed E-state index contributed by atoms with van der Waals surface area (Å²) >= 11 is 0. The molecule has 17 heavy (non-hydrogen) atoms. The van der Waals surface area contributed by atoms with Gasteiger partial charge in [-0.3, -0.25) is 4.79 Å². The minimum Gasteiger partial charge on any atom is -0.481 e. The number of halogens is 1. The second kappa shape index (κ2) is 6.32. The van der Waals surface area contributed by atoms with Crippen molar-refractivity contribution in [2.24, 2.45) is 5.92 Å². The number of aliphatic carboxylic acids is 1. The smallest absolute Gasteiger partial charge is 0.306 e. The molecule has 4 nitrogen and oxygen atoms in total. The number of hydrogen-bond acceptors (Lipinski definition) is 3. The number of aliphatic hydroxyl groups excluding tert-OH is 2. The van der Waals surface area contributed by atoms with Gasteiger partial charge in [-0.2, -0.15) is 0 Å². The van der Waals surface area contributed by atoms with Crippen LogP contribution in [-0.2, 0) is 11.2 Å². The van der Waals surface area contributed by atoms with Crippen LogP contribution in [0.1, 0.15) is 12.0 Å². The molecule has 0 saturated heterocycles. The molecule has 5 heteroatoms. The van der Waals surface area contributed by atoms with Crippen molar-refractivity contribution in [1.29, 1.82) is 0 Å². The van der Waals surface area contributed by atoms with Crippen LogP contribution >= 0.6 is 0 Å². The van der Waals surface area contributed by atoms with Crippen LogP contribution in [0, 0.1) is 11.7 Å². The first-order chi connectivity index (χ1) is 8.02. The number of carbonyl (C=O) groups is 1. The Kier molecular flexibility index (Phi) is 5.06. The molecule has 0 radical (unpaired) electrons. The molecule has 0 spiro atoms. The maximum atomic E-state index is 12.7. The van der Waals surface area contributed by atoms with Crippen molar-refractivity contribution in [3.05, 3.63) is 35.6 Å². The van der Waals surface area contributed by atoms with Crippen LogP contribution in [0.2, 0.25) is 0 Å². The predicted octanol–water partition coefficient (Wildman–Crippen LogP) is 0.812. The van der Waals surface area contributed by atoms with E-state index in [1.807, 2.05) is 0 Å². The molecule has 1 rings (SSSR count). The molecule has 0 aliphatic heterocycles. The number of aliphatic hydroxyl groups is 2. The summed E-state index contributed by atoms with van der Waals surface area (Å²) in [7, 11) is 0. The fraction of sp³-hybridized carbons (Fsp3) is 0.417. The van der Waals surface area contributed by atoms with E-state index < -0.39 is 24.6 Å². The van der Waals surface area contributed by atoms with Crippen molar-refractivity contribution < 1.29 is 24.5 Å². The molecule has 0 heterocycles. The summed E-state index contributed by atoms with van der Waals surface area (Å²) in [6.45, 7) is -0.465. The second-order valence-corrected chi connectivity index (χ2v) is 3.94. The topological polar surface area (TPSA) is 77.8 Å². The molecule has 0 saturated carbocycles. The summed E-state index contributed by atoms with van der Waals surface area (Å²) in [6.07, 6.45) is -0.868. The Hall–Kier alpha value is -1.46. The highest BCUT2D eigenvalue weighted by molar-refractivity contribution is 5.70. The third-order valence-corrected chi connectivity index (χ3v) is 2.51. The van der Waals surface area contributed by atoms with Crippen molar-refractivity contribution in [1.82, 2.24) is 0 Å². The number of carboxylic acid groups (broad SMARTS) is 1. The first-order valence-corrected chi connectivity index (χ1v) is 5.29. The second-order valence-electron chi connectivity index (χ2n) is 3.94. The van der Waals surface area contributed by atoms with Gasteiger partial charge < -0.3 is 15.3 Å². The Balaban J connectivity index is 2.66. The van der Waals surface area contributed by atoms with E-state index >= 15 is 0 Å². The van der Waals surface area contributed by atoms with Crippen LogP contribution in [0.15, 0.2) is 24.3 Å². The molecule has 1 aromatic carbocycles. The van der Waals surface area contributed by atoms with Gasteiger partial charge in [0, 0.05) is 0 Å². The van der Waals surface area contributed by atoms with Gasteiger partial charge in [0.15, 0.2) is 0 Å². The predicted molar refractivity (Wildman–Crippen MR) is 58.9 cm³/mol. The summed E-state index contributed by atoms with van der Waals surface area (Å²) in [4.78, 5) is 11.0. The van der Waals surface area contributed by atoms with Gasteiger partial charge in [0.25, 0.3) is 0 Å². The third kappa shape index (κ3) is 4.50. The van der Waals surface area contributed by atoms with Crippen LogP contribution in [0.4, 0.5) is 4.39 Å². The lowest BCUT2D eigenvalue weighted by molar-refractivity contribution is -0.143. The standard InChI is InChI=1S/C12H15FO4/c13-10-3-1-8(2-4-10)5-9(12(16)17)6-11(15)7-14/h1-4,9,11,14-15H,5-7H2,(H,16,17). The largest absolute Gasteiger partial charge is 0.481 e. The summed E-state index contributed by atoms with van der Waals surface area (Å²) in [5.41, 5.74) is 0.684. The van der Waals surface area contributed by atoms with E-state index in [1.54, 1.807) is 0 Å². The van der Waals surface area contributed by atoms with E-state index in [0.29, 0.717) is 5.56 Å². The summed E-state index contributed by atoms with van der Waals surface area (Å²) in [6, 6.07) is 5.54. The van der Waals surface area contributed by atoms with Gasteiger partial charge in [-0.15, -0.1) is 0 Å². The van der Waals surface area contributed by atoms with Gasteiger partial charge >= 0.3 is 5.97 Å². The van der Waals surface area contributed by atoms with Crippen LogP contribution in [0.3, 0.4) is 0 Å². The maximum absolute atomic E-state index is 12.7. The summed E-state index contributed by atoms with van der Waals surface area (Å²) < 4.78 is 12.7. The van der Waals surface area contributed by atoms with E-state index in [-0.39, 0.29) is 18.7 Å². The highest BCUT2D eigenvalue weighted by Gasteiger charge is 2.21. The molecule has 3 N–H and O–H groups in total. The molecule has 0 aliphatic carbocycles. The third-order valence-electron chi connectivity index (χ3n) is 2.51. The zero-order valence-corrected chi connectivity index (χ0v) is 9.21. The normalized spacial score (nSPS) is 14.3. The van der Waals surface area contributed by atoms with Gasteiger partial charge in [0.05, 0.1) is 18.6 Å². The molecule has 2 unspecified atom stereocenters. The van der Waals surface area contributed by atoms with Gasteiger partial charge in [-0.25, -0.2) is 4.39 Å². The van der Waals surface area contributed by atoms with Gasteiger partial charge in [-0.1, -0.05) is 12.1 Å². The Labute approximate surface area is 98.3 Å². The molecule has 0 bridgehead atoms. The van der Waals surface area contributed by atoms with E-state index in [9.17, 15) is 14.3 Å². The Morgan fingerprint density at radius 3 is 2.35 bits per heavy atom. The zero-order chi connectivity index (χ0) is 12.8. The lowest BCUT2D eigenvalue weighted by atomic mass is 9.94. The van der Waals surface area contributed by atoms with Crippen molar-refractivity contribution in [3.63, 3.8) is 0 Å². The fourth-order valence-electron chi connectivity index (χ4n) is 1.58. The van der Waals surface area contributed by atoms with Crippen LogP contribution < -0.4 is 0 Å². The Morgan fingerprint density at radius 1 is 1.29 bits per heavy atom. The molecule has 0 aromatic heterocycles. The van der Waals surface area contributed by atoms with E-state index in [1.165, 1.54) is 24.3 Å².